The third-order valence-corrected chi connectivity index (χ3v) is 1.58. The second kappa shape index (κ2) is 13.3. The summed E-state index contributed by atoms with van der Waals surface area (Å²) in [6.45, 7) is 5.04. The van der Waals surface area contributed by atoms with Crippen molar-refractivity contribution in [1.29, 1.82) is 0 Å². The summed E-state index contributed by atoms with van der Waals surface area (Å²) in [6.07, 6.45) is 2.86. The van der Waals surface area contributed by atoms with Crippen LogP contribution in [0, 0.1) is 0 Å². The summed E-state index contributed by atoms with van der Waals surface area (Å²) in [5, 5.41) is 8.21. The topological polar surface area (TPSA) is 73.5 Å². The Balaban J connectivity index is 0. The van der Waals surface area contributed by atoms with Gasteiger partial charge in [0.1, 0.15) is 0 Å². The maximum absolute atomic E-state index is 4.82. The Kier molecular flexibility index (Phi) is 14.6. The van der Waals surface area contributed by atoms with Crippen LogP contribution in [0.2, 0.25) is 0 Å². The van der Waals surface area contributed by atoms with Gasteiger partial charge in [-0.1, -0.05) is 0 Å². The molecule has 0 aliphatic rings. The molecule has 0 aromatic heterocycles. The number of hydrazone groups is 2. The van der Waals surface area contributed by atoms with E-state index in [1.807, 2.05) is 13.8 Å². The summed E-state index contributed by atoms with van der Waals surface area (Å²) in [6, 6.07) is 0. The fraction of sp³-hybridized carbons (Fsp3) is 0.500. The summed E-state index contributed by atoms with van der Waals surface area (Å²) in [5.41, 5.74) is 5.11. The summed E-state index contributed by atoms with van der Waals surface area (Å²) < 4.78 is 0. The number of amidine groups is 2. The largest absolute Gasteiger partial charge is 2.00 e. The van der Waals surface area contributed by atoms with Gasteiger partial charge in [-0.25, -0.2) is 0 Å². The first kappa shape index (κ1) is 18.6. The van der Waals surface area contributed by atoms with Crippen molar-refractivity contribution in [1.82, 2.24) is 10.9 Å². The first-order chi connectivity index (χ1) is 7.70. The van der Waals surface area contributed by atoms with Crippen molar-refractivity contribution in [3.05, 3.63) is 0 Å². The quantitative estimate of drug-likeness (QED) is 0.245. The Morgan fingerprint density at radius 1 is 0.941 bits per heavy atom. The van der Waals surface area contributed by atoms with Gasteiger partial charge in [-0.2, -0.15) is 10.2 Å². The van der Waals surface area contributed by atoms with Crippen molar-refractivity contribution in [2.75, 3.05) is 13.1 Å². The maximum atomic E-state index is 4.82. The van der Waals surface area contributed by atoms with Crippen LogP contribution in [0.1, 0.15) is 13.8 Å². The minimum Gasteiger partial charge on any atom is -0.741 e. The van der Waals surface area contributed by atoms with Crippen molar-refractivity contribution in [2.24, 2.45) is 20.2 Å². The van der Waals surface area contributed by atoms with Gasteiger partial charge >= 0.3 is 17.1 Å². The average Bonchev–Trinajstić information content (AvgIpc) is 2.24. The molecule has 0 rings (SSSR count). The second-order valence-corrected chi connectivity index (χ2v) is 3.11. The number of rotatable bonds is 5. The standard InChI is InChI=1S/C8H16N6S2.Cu/c1-3-9-7(15)13-11-5-6-12-14-8(16)10-4-2;/h5-6H,3-4H2,1-2H3,(H2,9,13,15)(H2,10,14,16);/q;+2/p-2/b11-5+,12-6+;. The number of nitrogens with zero attached hydrogens (tertiary/aromatic N) is 4. The van der Waals surface area contributed by atoms with Crippen LogP contribution in [0.5, 0.6) is 0 Å². The van der Waals surface area contributed by atoms with Gasteiger partial charge in [-0.3, -0.25) is 20.8 Å². The minimum absolute atomic E-state index is 0. The molecule has 99 valence electrons. The Morgan fingerprint density at radius 2 is 1.29 bits per heavy atom. The van der Waals surface area contributed by atoms with Crippen LogP contribution < -0.4 is 10.9 Å². The van der Waals surface area contributed by atoms with Crippen LogP contribution in [-0.4, -0.2) is 35.9 Å². The molecule has 0 unspecified atom stereocenters. The maximum Gasteiger partial charge on any atom is 2.00 e. The van der Waals surface area contributed by atoms with E-state index in [0.29, 0.717) is 23.4 Å². The third-order valence-electron chi connectivity index (χ3n) is 1.14. The van der Waals surface area contributed by atoms with Gasteiger partial charge in [0.05, 0.1) is 12.4 Å². The first-order valence-electron chi connectivity index (χ1n) is 4.70. The van der Waals surface area contributed by atoms with Crippen molar-refractivity contribution in [2.45, 2.75) is 13.8 Å². The van der Waals surface area contributed by atoms with Gasteiger partial charge in [0.25, 0.3) is 0 Å². The molecule has 0 aliphatic heterocycles. The van der Waals surface area contributed by atoms with E-state index in [1.54, 1.807) is 0 Å². The van der Waals surface area contributed by atoms with E-state index in [2.05, 4.69) is 31.0 Å². The number of hydrogen-bond acceptors (Lipinski definition) is 6. The number of nitrogens with one attached hydrogen (secondary N) is 2. The molecule has 0 saturated carbocycles. The van der Waals surface area contributed by atoms with Crippen molar-refractivity contribution >= 4 is 48.0 Å². The zero-order chi connectivity index (χ0) is 12.2. The van der Waals surface area contributed by atoms with E-state index >= 15 is 0 Å². The third kappa shape index (κ3) is 13.2. The molecule has 0 saturated heterocycles. The molecule has 0 aromatic rings. The van der Waals surface area contributed by atoms with Crippen LogP contribution in [0.4, 0.5) is 0 Å². The summed E-state index contributed by atoms with van der Waals surface area (Å²) in [5.74, 6) is 0. The van der Waals surface area contributed by atoms with E-state index in [9.17, 15) is 0 Å². The van der Waals surface area contributed by atoms with Crippen LogP contribution in [-0.2, 0) is 42.3 Å². The molecule has 0 fully saturated rings. The van der Waals surface area contributed by atoms with Crippen LogP contribution >= 0.6 is 0 Å². The van der Waals surface area contributed by atoms with E-state index in [1.165, 1.54) is 12.4 Å². The molecule has 0 spiro atoms. The predicted octanol–water partition coefficient (Wildman–Crippen LogP) is -0.0197. The van der Waals surface area contributed by atoms with Crippen LogP contribution in [0.15, 0.2) is 20.2 Å². The average molecular weight is 322 g/mol. The molecule has 2 N–H and O–H groups in total. The van der Waals surface area contributed by atoms with Gasteiger partial charge in [0.15, 0.2) is 0 Å². The second-order valence-electron chi connectivity index (χ2n) is 2.34. The molecule has 0 aliphatic carbocycles. The summed E-state index contributed by atoms with van der Waals surface area (Å²) in [4.78, 5) is 7.81. The molecule has 0 amide bonds. The number of aliphatic imine (C=N–C) groups is 2. The monoisotopic (exact) mass is 321 g/mol. The van der Waals surface area contributed by atoms with Gasteiger partial charge < -0.3 is 25.3 Å². The van der Waals surface area contributed by atoms with Crippen LogP contribution in [0.25, 0.3) is 0 Å². The SMILES string of the molecule is CCN=C([S-])N/N=C/C=N/NC([S-])=NCC.[Cu+2]. The Bertz CT molecular complexity index is 272. The molecule has 17 heavy (non-hydrogen) atoms. The first-order valence-corrected chi connectivity index (χ1v) is 5.52. The van der Waals surface area contributed by atoms with E-state index < -0.39 is 0 Å². The fourth-order valence-corrected chi connectivity index (χ4v) is 0.973. The number of hydrogen-bond donors (Lipinski definition) is 2. The fourth-order valence-electron chi connectivity index (χ4n) is 0.610. The smallest absolute Gasteiger partial charge is 0.741 e. The molecule has 0 atom stereocenters. The predicted molar refractivity (Wildman–Crippen MR) is 73.9 cm³/mol. The molecule has 1 radical (unpaired) electrons. The molecular formula is C8H14CuN6S2. The van der Waals surface area contributed by atoms with Gasteiger partial charge in [0.2, 0.25) is 0 Å². The molecule has 0 aromatic carbocycles. The molecule has 9 heteroatoms. The summed E-state index contributed by atoms with van der Waals surface area (Å²) >= 11 is 9.64. The van der Waals surface area contributed by atoms with Crippen LogP contribution in [0.3, 0.4) is 0 Å². The Morgan fingerprint density at radius 3 is 1.59 bits per heavy atom. The Hall–Kier alpha value is -0.761. The molecular weight excluding hydrogens is 308 g/mol. The zero-order valence-electron chi connectivity index (χ0n) is 9.48. The molecule has 6 nitrogen and oxygen atoms in total. The Labute approximate surface area is 123 Å². The van der Waals surface area contributed by atoms with Gasteiger partial charge in [-0.15, -0.1) is 0 Å². The zero-order valence-corrected chi connectivity index (χ0v) is 12.1. The normalized spacial score (nSPS) is 12.8. The minimum atomic E-state index is 0. The van der Waals surface area contributed by atoms with Gasteiger partial charge in [-0.05, 0) is 24.2 Å². The summed E-state index contributed by atoms with van der Waals surface area (Å²) in [7, 11) is 0. The molecule has 0 heterocycles. The van der Waals surface area contributed by atoms with E-state index in [-0.39, 0.29) is 17.1 Å². The molecule has 0 bridgehead atoms. The van der Waals surface area contributed by atoms with Gasteiger partial charge in [0, 0.05) is 13.1 Å². The van der Waals surface area contributed by atoms with Crippen molar-refractivity contribution in [3.63, 3.8) is 0 Å². The van der Waals surface area contributed by atoms with E-state index in [0.717, 1.165) is 0 Å². The van der Waals surface area contributed by atoms with Crippen molar-refractivity contribution < 1.29 is 17.1 Å². The van der Waals surface area contributed by atoms with E-state index in [4.69, 9.17) is 25.3 Å². The van der Waals surface area contributed by atoms with Crippen molar-refractivity contribution in [3.8, 4) is 0 Å².